The van der Waals surface area contributed by atoms with Gasteiger partial charge in [0.25, 0.3) is 5.91 Å². The summed E-state index contributed by atoms with van der Waals surface area (Å²) in [5.74, 6) is -0.501. The molecule has 0 spiro atoms. The second-order valence-electron chi connectivity index (χ2n) is 6.37. The Balaban J connectivity index is 1.57. The molecule has 0 saturated carbocycles. The number of pyridine rings is 1. The Morgan fingerprint density at radius 2 is 1.79 bits per heavy atom. The SMILES string of the molecule is COCCCNC(=O)CNC(=O)c1ccc(-c2cnc3ccccc3c2)cc1. The molecule has 6 nitrogen and oxygen atoms in total. The van der Waals surface area contributed by atoms with Crippen LogP contribution >= 0.6 is 0 Å². The number of carbonyl (C=O) groups excluding carboxylic acids is 2. The lowest BCUT2D eigenvalue weighted by Gasteiger charge is -2.08. The summed E-state index contributed by atoms with van der Waals surface area (Å²) in [6.45, 7) is 1.06. The second-order valence-corrected chi connectivity index (χ2v) is 6.37. The first-order valence-corrected chi connectivity index (χ1v) is 9.16. The zero-order chi connectivity index (χ0) is 19.8. The Bertz CT molecular complexity index is 955. The van der Waals surface area contributed by atoms with Crippen molar-refractivity contribution >= 4 is 22.7 Å². The van der Waals surface area contributed by atoms with Crippen molar-refractivity contribution in [1.29, 1.82) is 0 Å². The van der Waals surface area contributed by atoms with Crippen LogP contribution in [0.25, 0.3) is 22.0 Å². The van der Waals surface area contributed by atoms with Gasteiger partial charge in [-0.2, -0.15) is 0 Å². The quantitative estimate of drug-likeness (QED) is 0.592. The molecule has 3 aromatic rings. The number of hydrogen-bond acceptors (Lipinski definition) is 4. The van der Waals surface area contributed by atoms with Gasteiger partial charge in [-0.25, -0.2) is 0 Å². The Hall–Kier alpha value is -3.25. The van der Waals surface area contributed by atoms with Crippen molar-refractivity contribution in [2.45, 2.75) is 6.42 Å². The van der Waals surface area contributed by atoms with Crippen LogP contribution in [0.15, 0.2) is 60.8 Å². The number of fused-ring (bicyclic) bond motifs is 1. The first-order valence-electron chi connectivity index (χ1n) is 9.16. The number of carbonyl (C=O) groups is 2. The van der Waals surface area contributed by atoms with Gasteiger partial charge in [-0.1, -0.05) is 30.3 Å². The van der Waals surface area contributed by atoms with Crippen LogP contribution in [0.1, 0.15) is 16.8 Å². The van der Waals surface area contributed by atoms with Crippen LogP contribution in [0, 0.1) is 0 Å². The molecule has 3 rings (SSSR count). The van der Waals surface area contributed by atoms with Gasteiger partial charge in [-0.3, -0.25) is 14.6 Å². The monoisotopic (exact) mass is 377 g/mol. The van der Waals surface area contributed by atoms with Crippen LogP contribution in [-0.4, -0.2) is 43.6 Å². The number of aromatic nitrogens is 1. The number of para-hydroxylation sites is 1. The lowest BCUT2D eigenvalue weighted by atomic mass is 10.0. The highest BCUT2D eigenvalue weighted by Crippen LogP contribution is 2.23. The number of nitrogens with one attached hydrogen (secondary N) is 2. The summed E-state index contributed by atoms with van der Waals surface area (Å²) < 4.78 is 4.92. The highest BCUT2D eigenvalue weighted by Gasteiger charge is 2.08. The third-order valence-electron chi connectivity index (χ3n) is 4.33. The molecule has 0 saturated heterocycles. The topological polar surface area (TPSA) is 80.3 Å². The molecular weight excluding hydrogens is 354 g/mol. The largest absolute Gasteiger partial charge is 0.385 e. The molecule has 2 amide bonds. The summed E-state index contributed by atoms with van der Waals surface area (Å²) in [6.07, 6.45) is 2.56. The summed E-state index contributed by atoms with van der Waals surface area (Å²) in [6, 6.07) is 17.3. The minimum Gasteiger partial charge on any atom is -0.385 e. The molecule has 2 aromatic carbocycles. The molecule has 0 aliphatic heterocycles. The van der Waals surface area contributed by atoms with Crippen LogP contribution in [0.2, 0.25) is 0 Å². The van der Waals surface area contributed by atoms with E-state index in [4.69, 9.17) is 4.74 Å². The number of methoxy groups -OCH3 is 1. The van der Waals surface area contributed by atoms with Gasteiger partial charge in [0.1, 0.15) is 0 Å². The van der Waals surface area contributed by atoms with E-state index in [0.29, 0.717) is 18.7 Å². The molecule has 28 heavy (non-hydrogen) atoms. The van der Waals surface area contributed by atoms with Crippen LogP contribution in [0.4, 0.5) is 0 Å². The van der Waals surface area contributed by atoms with Crippen molar-refractivity contribution in [3.05, 3.63) is 66.4 Å². The molecule has 0 bridgehead atoms. The van der Waals surface area contributed by atoms with Crippen molar-refractivity contribution in [1.82, 2.24) is 15.6 Å². The Morgan fingerprint density at radius 1 is 1.00 bits per heavy atom. The fourth-order valence-electron chi connectivity index (χ4n) is 2.81. The van der Waals surface area contributed by atoms with Gasteiger partial charge >= 0.3 is 0 Å². The lowest BCUT2D eigenvalue weighted by Crippen LogP contribution is -2.37. The van der Waals surface area contributed by atoms with Crippen molar-refractivity contribution in [3.8, 4) is 11.1 Å². The van der Waals surface area contributed by atoms with Crippen molar-refractivity contribution in [2.75, 3.05) is 26.8 Å². The highest BCUT2D eigenvalue weighted by molar-refractivity contribution is 5.97. The molecule has 144 valence electrons. The number of benzene rings is 2. The lowest BCUT2D eigenvalue weighted by molar-refractivity contribution is -0.120. The van der Waals surface area contributed by atoms with Gasteiger partial charge in [-0.15, -0.1) is 0 Å². The fourth-order valence-corrected chi connectivity index (χ4v) is 2.81. The summed E-state index contributed by atoms with van der Waals surface area (Å²) in [5.41, 5.74) is 3.42. The van der Waals surface area contributed by atoms with Crippen molar-refractivity contribution in [3.63, 3.8) is 0 Å². The molecule has 1 heterocycles. The van der Waals surface area contributed by atoms with E-state index in [0.717, 1.165) is 28.5 Å². The van der Waals surface area contributed by atoms with E-state index in [-0.39, 0.29) is 18.4 Å². The molecule has 0 aliphatic carbocycles. The Labute approximate surface area is 163 Å². The molecule has 0 aliphatic rings. The zero-order valence-corrected chi connectivity index (χ0v) is 15.8. The van der Waals surface area contributed by atoms with Gasteiger partial charge in [0.05, 0.1) is 12.1 Å². The average Bonchev–Trinajstić information content (AvgIpc) is 2.75. The molecule has 1 aromatic heterocycles. The van der Waals surface area contributed by atoms with Crippen LogP contribution in [0.3, 0.4) is 0 Å². The maximum absolute atomic E-state index is 12.2. The number of amides is 2. The van der Waals surface area contributed by atoms with Gasteiger partial charge in [-0.05, 0) is 36.2 Å². The Morgan fingerprint density at radius 3 is 2.57 bits per heavy atom. The molecule has 0 unspecified atom stereocenters. The smallest absolute Gasteiger partial charge is 0.251 e. The number of nitrogens with zero attached hydrogens (tertiary/aromatic N) is 1. The summed E-state index contributed by atoms with van der Waals surface area (Å²) >= 11 is 0. The predicted octanol–water partition coefficient (Wildman–Crippen LogP) is 2.78. The molecule has 6 heteroatoms. The number of hydrogen-bond donors (Lipinski definition) is 2. The predicted molar refractivity (Wildman–Crippen MR) is 109 cm³/mol. The van der Waals surface area contributed by atoms with Crippen molar-refractivity contribution < 1.29 is 14.3 Å². The van der Waals surface area contributed by atoms with E-state index in [9.17, 15) is 9.59 Å². The summed E-state index contributed by atoms with van der Waals surface area (Å²) in [7, 11) is 1.61. The molecule has 0 radical (unpaired) electrons. The van der Waals surface area contributed by atoms with Crippen LogP contribution < -0.4 is 10.6 Å². The average molecular weight is 377 g/mol. The minimum atomic E-state index is -0.282. The molecular formula is C22H23N3O3. The standard InChI is InChI=1S/C22H23N3O3/c1-28-12-4-11-23-21(26)15-25-22(27)17-9-7-16(8-10-17)19-13-18-5-2-3-6-20(18)24-14-19/h2-3,5-10,13-14H,4,11-12,15H2,1H3,(H,23,26)(H,25,27). The summed E-state index contributed by atoms with van der Waals surface area (Å²) in [5, 5.41) is 6.43. The highest BCUT2D eigenvalue weighted by atomic mass is 16.5. The van der Waals surface area contributed by atoms with Crippen LogP contribution in [0.5, 0.6) is 0 Å². The molecule has 2 N–H and O–H groups in total. The van der Waals surface area contributed by atoms with Gasteiger partial charge in [0, 0.05) is 43.0 Å². The van der Waals surface area contributed by atoms with E-state index in [2.05, 4.69) is 21.7 Å². The Kier molecular flexibility index (Phi) is 6.70. The summed E-state index contributed by atoms with van der Waals surface area (Å²) in [4.78, 5) is 28.4. The number of rotatable bonds is 8. The van der Waals surface area contributed by atoms with E-state index in [1.54, 1.807) is 19.2 Å². The van der Waals surface area contributed by atoms with E-state index in [1.165, 1.54) is 0 Å². The number of ether oxygens (including phenoxy) is 1. The van der Waals surface area contributed by atoms with E-state index in [1.807, 2.05) is 42.6 Å². The first-order chi connectivity index (χ1) is 13.7. The third kappa shape index (κ3) is 5.14. The maximum Gasteiger partial charge on any atom is 0.251 e. The van der Waals surface area contributed by atoms with Gasteiger partial charge in [0.2, 0.25) is 5.91 Å². The maximum atomic E-state index is 12.2. The normalized spacial score (nSPS) is 10.6. The molecule has 0 fully saturated rings. The first kappa shape index (κ1) is 19.5. The zero-order valence-electron chi connectivity index (χ0n) is 15.8. The van der Waals surface area contributed by atoms with Crippen LogP contribution in [-0.2, 0) is 9.53 Å². The third-order valence-corrected chi connectivity index (χ3v) is 4.33. The van der Waals surface area contributed by atoms with Gasteiger partial charge < -0.3 is 15.4 Å². The van der Waals surface area contributed by atoms with Crippen molar-refractivity contribution in [2.24, 2.45) is 0 Å². The minimum absolute atomic E-state index is 0.0534. The second kappa shape index (κ2) is 9.62. The van der Waals surface area contributed by atoms with Gasteiger partial charge in [0.15, 0.2) is 0 Å². The van der Waals surface area contributed by atoms with E-state index >= 15 is 0 Å². The molecule has 0 atom stereocenters. The fraction of sp³-hybridized carbons (Fsp3) is 0.227. The van der Waals surface area contributed by atoms with E-state index < -0.39 is 0 Å².